The second kappa shape index (κ2) is 6.40. The zero-order valence-corrected chi connectivity index (χ0v) is 11.1. The normalized spacial score (nSPS) is 11.9. The molecule has 0 aromatic heterocycles. The summed E-state index contributed by atoms with van der Waals surface area (Å²) >= 11 is 5.87. The van der Waals surface area contributed by atoms with E-state index in [9.17, 15) is 9.59 Å². The van der Waals surface area contributed by atoms with Crippen LogP contribution in [0.4, 0.5) is 0 Å². The molecule has 0 aliphatic heterocycles. The van der Waals surface area contributed by atoms with Crippen LogP contribution >= 0.6 is 11.6 Å². The van der Waals surface area contributed by atoms with Crippen LogP contribution in [0.25, 0.3) is 0 Å². The summed E-state index contributed by atoms with van der Waals surface area (Å²) in [5.41, 5.74) is 1.20. The fraction of sp³-hybridized carbons (Fsp3) is 0.385. The number of aliphatic carboxylic acids is 1. The van der Waals surface area contributed by atoms with E-state index in [-0.39, 0.29) is 0 Å². The quantitative estimate of drug-likeness (QED) is 0.863. The first-order valence-electron chi connectivity index (χ1n) is 5.75. The van der Waals surface area contributed by atoms with Gasteiger partial charge in [0.25, 0.3) is 5.91 Å². The summed E-state index contributed by atoms with van der Waals surface area (Å²) in [5, 5.41) is 12.0. The van der Waals surface area contributed by atoms with Crippen LogP contribution in [0.2, 0.25) is 5.02 Å². The lowest BCUT2D eigenvalue weighted by Crippen LogP contribution is -2.40. The minimum atomic E-state index is -1.02. The summed E-state index contributed by atoms with van der Waals surface area (Å²) in [6.07, 6.45) is 1.10. The first kappa shape index (κ1) is 14.5. The van der Waals surface area contributed by atoms with E-state index < -0.39 is 17.9 Å². The average molecular weight is 270 g/mol. The van der Waals surface area contributed by atoms with Crippen LogP contribution in [0.1, 0.15) is 35.7 Å². The number of aryl methyl sites for hydroxylation is 1. The first-order valence-corrected chi connectivity index (χ1v) is 6.13. The van der Waals surface area contributed by atoms with Gasteiger partial charge in [0.05, 0.1) is 0 Å². The Labute approximate surface area is 111 Å². The van der Waals surface area contributed by atoms with Gasteiger partial charge in [-0.25, -0.2) is 4.79 Å². The molecule has 98 valence electrons. The number of rotatable bonds is 5. The van der Waals surface area contributed by atoms with Crippen molar-refractivity contribution in [2.75, 3.05) is 0 Å². The van der Waals surface area contributed by atoms with E-state index >= 15 is 0 Å². The van der Waals surface area contributed by atoms with Gasteiger partial charge < -0.3 is 10.4 Å². The third-order valence-electron chi connectivity index (χ3n) is 2.60. The number of halogens is 1. The zero-order chi connectivity index (χ0) is 13.7. The molecule has 2 N–H and O–H groups in total. The fourth-order valence-corrected chi connectivity index (χ4v) is 1.69. The lowest BCUT2D eigenvalue weighted by Gasteiger charge is -2.13. The van der Waals surface area contributed by atoms with Gasteiger partial charge >= 0.3 is 5.97 Å². The number of benzene rings is 1. The number of nitrogens with one attached hydrogen (secondary N) is 1. The molecule has 0 saturated heterocycles. The second-order valence-electron chi connectivity index (χ2n) is 4.12. The Balaban J connectivity index is 2.80. The van der Waals surface area contributed by atoms with Gasteiger partial charge in [-0.3, -0.25) is 4.79 Å². The minimum Gasteiger partial charge on any atom is -0.480 e. The summed E-state index contributed by atoms with van der Waals surface area (Å²) in [5.74, 6) is -1.41. The molecule has 0 fully saturated rings. The molecule has 18 heavy (non-hydrogen) atoms. The Morgan fingerprint density at radius 2 is 2.11 bits per heavy atom. The number of amides is 1. The Kier molecular flexibility index (Phi) is 5.16. The molecule has 0 saturated carbocycles. The van der Waals surface area contributed by atoms with Gasteiger partial charge in [0.15, 0.2) is 0 Å². The maximum Gasteiger partial charge on any atom is 0.326 e. The molecule has 4 nitrogen and oxygen atoms in total. The Morgan fingerprint density at radius 1 is 1.44 bits per heavy atom. The molecule has 0 aliphatic carbocycles. The molecule has 1 aromatic carbocycles. The Hall–Kier alpha value is -1.55. The molecule has 0 radical (unpaired) electrons. The van der Waals surface area contributed by atoms with Gasteiger partial charge in [0.1, 0.15) is 6.04 Å². The van der Waals surface area contributed by atoms with Crippen LogP contribution in [-0.4, -0.2) is 23.0 Å². The lowest BCUT2D eigenvalue weighted by molar-refractivity contribution is -0.139. The van der Waals surface area contributed by atoms with Gasteiger partial charge in [0.2, 0.25) is 0 Å². The number of hydrogen-bond donors (Lipinski definition) is 2. The van der Waals surface area contributed by atoms with E-state index in [0.29, 0.717) is 23.4 Å². The molecule has 1 rings (SSSR count). The fourth-order valence-electron chi connectivity index (χ4n) is 1.57. The van der Waals surface area contributed by atoms with E-state index in [4.69, 9.17) is 16.7 Å². The maximum absolute atomic E-state index is 11.9. The van der Waals surface area contributed by atoms with Gasteiger partial charge in [-0.1, -0.05) is 24.9 Å². The molecular formula is C13H16ClNO3. The topological polar surface area (TPSA) is 66.4 Å². The number of hydrogen-bond acceptors (Lipinski definition) is 2. The predicted molar refractivity (Wildman–Crippen MR) is 70.0 cm³/mol. The molecule has 5 heteroatoms. The lowest BCUT2D eigenvalue weighted by atomic mass is 10.1. The molecule has 1 amide bonds. The minimum absolute atomic E-state index is 0.393. The second-order valence-corrected chi connectivity index (χ2v) is 4.52. The summed E-state index contributed by atoms with van der Waals surface area (Å²) in [7, 11) is 0. The largest absolute Gasteiger partial charge is 0.480 e. The number of carboxylic acid groups (broad SMARTS) is 1. The highest BCUT2D eigenvalue weighted by atomic mass is 35.5. The van der Waals surface area contributed by atoms with Gasteiger partial charge in [-0.05, 0) is 37.1 Å². The number of carbonyl (C=O) groups excluding carboxylic acids is 1. The van der Waals surface area contributed by atoms with E-state index in [1.165, 1.54) is 0 Å². The summed E-state index contributed by atoms with van der Waals surface area (Å²) < 4.78 is 0. The predicted octanol–water partition coefficient (Wildman–Crippen LogP) is 2.63. The maximum atomic E-state index is 11.9. The van der Waals surface area contributed by atoms with E-state index in [0.717, 1.165) is 5.56 Å². The van der Waals surface area contributed by atoms with Crippen molar-refractivity contribution in [3.63, 3.8) is 0 Å². The van der Waals surface area contributed by atoms with Crippen molar-refractivity contribution in [2.24, 2.45) is 0 Å². The van der Waals surface area contributed by atoms with Crippen molar-refractivity contribution >= 4 is 23.5 Å². The molecule has 0 spiro atoms. The van der Waals surface area contributed by atoms with Crippen molar-refractivity contribution in [1.82, 2.24) is 5.32 Å². The van der Waals surface area contributed by atoms with Gasteiger partial charge in [-0.2, -0.15) is 0 Å². The Bertz CT molecular complexity index is 460. The monoisotopic (exact) mass is 269 g/mol. The summed E-state index contributed by atoms with van der Waals surface area (Å²) in [6, 6.07) is 4.00. The van der Waals surface area contributed by atoms with E-state index in [2.05, 4.69) is 5.32 Å². The van der Waals surface area contributed by atoms with Crippen molar-refractivity contribution in [1.29, 1.82) is 0 Å². The van der Waals surface area contributed by atoms with Crippen molar-refractivity contribution < 1.29 is 14.7 Å². The molecule has 0 heterocycles. The highest BCUT2D eigenvalue weighted by molar-refractivity contribution is 6.31. The van der Waals surface area contributed by atoms with Crippen LogP contribution in [0.15, 0.2) is 18.2 Å². The number of carboxylic acids is 1. The van der Waals surface area contributed by atoms with Crippen molar-refractivity contribution in [3.05, 3.63) is 34.3 Å². The first-order chi connectivity index (χ1) is 8.45. The third-order valence-corrected chi connectivity index (χ3v) is 3.02. The van der Waals surface area contributed by atoms with Gasteiger partial charge in [-0.15, -0.1) is 0 Å². The van der Waals surface area contributed by atoms with E-state index in [1.807, 2.05) is 6.92 Å². The molecule has 1 atom stereocenters. The van der Waals surface area contributed by atoms with Crippen LogP contribution in [0.3, 0.4) is 0 Å². The molecular weight excluding hydrogens is 254 g/mol. The zero-order valence-electron chi connectivity index (χ0n) is 10.4. The molecule has 1 unspecified atom stereocenters. The third kappa shape index (κ3) is 3.74. The molecule has 0 bridgehead atoms. The summed E-state index contributed by atoms with van der Waals surface area (Å²) in [6.45, 7) is 3.66. The van der Waals surface area contributed by atoms with Crippen LogP contribution in [0.5, 0.6) is 0 Å². The van der Waals surface area contributed by atoms with Gasteiger partial charge in [0, 0.05) is 10.6 Å². The molecule has 1 aromatic rings. The van der Waals surface area contributed by atoms with Crippen LogP contribution in [0, 0.1) is 6.92 Å². The highest BCUT2D eigenvalue weighted by Crippen LogP contribution is 2.16. The van der Waals surface area contributed by atoms with Crippen molar-refractivity contribution in [3.8, 4) is 0 Å². The highest BCUT2D eigenvalue weighted by Gasteiger charge is 2.19. The smallest absolute Gasteiger partial charge is 0.326 e. The molecule has 0 aliphatic rings. The summed E-state index contributed by atoms with van der Waals surface area (Å²) in [4.78, 5) is 22.8. The Morgan fingerprint density at radius 3 is 2.61 bits per heavy atom. The number of carbonyl (C=O) groups is 2. The standard InChI is InChI=1S/C13H16ClNO3/c1-3-4-11(13(17)18)15-12(16)9-5-6-10(14)8(2)7-9/h5-7,11H,3-4H2,1-2H3,(H,15,16)(H,17,18). The van der Waals surface area contributed by atoms with Crippen molar-refractivity contribution in [2.45, 2.75) is 32.7 Å². The average Bonchev–Trinajstić information content (AvgIpc) is 2.31. The SMILES string of the molecule is CCCC(NC(=O)c1ccc(Cl)c(C)c1)C(=O)O. The van der Waals surface area contributed by atoms with Crippen LogP contribution < -0.4 is 5.32 Å². The van der Waals surface area contributed by atoms with Crippen LogP contribution in [-0.2, 0) is 4.79 Å². The van der Waals surface area contributed by atoms with E-state index in [1.54, 1.807) is 25.1 Å².